The van der Waals surface area contributed by atoms with Gasteiger partial charge in [-0.3, -0.25) is 19.1 Å². The molecule has 1 atom stereocenters. The van der Waals surface area contributed by atoms with Crippen molar-refractivity contribution in [2.24, 2.45) is 0 Å². The highest BCUT2D eigenvalue weighted by Gasteiger charge is 2.29. The maximum atomic E-state index is 13.1. The van der Waals surface area contributed by atoms with Crippen LogP contribution in [0.25, 0.3) is 10.9 Å². The molecule has 0 bridgehead atoms. The molecular weight excluding hydrogens is 404 g/mol. The number of carbonyl (C=O) groups is 1. The zero-order valence-corrected chi connectivity index (χ0v) is 19.0. The number of hydrogen-bond acceptors (Lipinski definition) is 5. The van der Waals surface area contributed by atoms with Crippen molar-refractivity contribution in [3.63, 3.8) is 0 Å². The zero-order chi connectivity index (χ0) is 22.7. The summed E-state index contributed by atoms with van der Waals surface area (Å²) in [5.74, 6) is 1.59. The summed E-state index contributed by atoms with van der Waals surface area (Å²) < 4.78 is 6.98. The Bertz CT molecular complexity index is 1150. The number of carbonyl (C=O) groups excluding carboxylic acids is 1. The van der Waals surface area contributed by atoms with Crippen molar-refractivity contribution in [3.05, 3.63) is 70.3 Å². The highest BCUT2D eigenvalue weighted by Crippen LogP contribution is 2.25. The lowest BCUT2D eigenvalue weighted by Crippen LogP contribution is -2.50. The molecule has 7 heteroatoms. The molecule has 168 valence electrons. The maximum absolute atomic E-state index is 13.1. The Hall–Kier alpha value is -3.19. The second-order valence-electron chi connectivity index (χ2n) is 8.02. The van der Waals surface area contributed by atoms with Crippen LogP contribution in [0, 0.1) is 0 Å². The van der Waals surface area contributed by atoms with Gasteiger partial charge >= 0.3 is 0 Å². The van der Waals surface area contributed by atoms with E-state index in [1.807, 2.05) is 48.2 Å². The van der Waals surface area contributed by atoms with E-state index in [0.717, 1.165) is 36.6 Å². The monoisotopic (exact) mass is 434 g/mol. The van der Waals surface area contributed by atoms with Crippen LogP contribution in [0.1, 0.15) is 42.5 Å². The molecule has 32 heavy (non-hydrogen) atoms. The lowest BCUT2D eigenvalue weighted by Gasteiger charge is -2.39. The van der Waals surface area contributed by atoms with Gasteiger partial charge in [0.05, 0.1) is 24.1 Å². The third-order valence-electron chi connectivity index (χ3n) is 6.27. The second kappa shape index (κ2) is 9.53. The van der Waals surface area contributed by atoms with E-state index in [1.165, 1.54) is 0 Å². The SMILES string of the molecule is CCC(c1nc2ccccc2c(=O)n1CC)N1CCN(C(=O)c2ccc(OC)cc2)CC1. The number of amides is 1. The van der Waals surface area contributed by atoms with Crippen molar-refractivity contribution in [2.75, 3.05) is 33.3 Å². The largest absolute Gasteiger partial charge is 0.497 e. The molecule has 1 aliphatic heterocycles. The molecule has 0 aliphatic carbocycles. The maximum Gasteiger partial charge on any atom is 0.261 e. The molecule has 0 saturated carbocycles. The summed E-state index contributed by atoms with van der Waals surface area (Å²) >= 11 is 0. The van der Waals surface area contributed by atoms with E-state index in [9.17, 15) is 9.59 Å². The van der Waals surface area contributed by atoms with Crippen molar-refractivity contribution >= 4 is 16.8 Å². The van der Waals surface area contributed by atoms with E-state index in [1.54, 1.807) is 23.8 Å². The van der Waals surface area contributed by atoms with Gasteiger partial charge in [0.1, 0.15) is 11.6 Å². The van der Waals surface area contributed by atoms with Crippen LogP contribution in [0.4, 0.5) is 0 Å². The normalized spacial score (nSPS) is 15.7. The smallest absolute Gasteiger partial charge is 0.261 e. The van der Waals surface area contributed by atoms with E-state index in [0.29, 0.717) is 30.6 Å². The minimum absolute atomic E-state index is 0.0138. The van der Waals surface area contributed by atoms with Crippen LogP contribution in [0.3, 0.4) is 0 Å². The third kappa shape index (κ3) is 4.12. The number of methoxy groups -OCH3 is 1. The third-order valence-corrected chi connectivity index (χ3v) is 6.27. The molecule has 1 aromatic heterocycles. The van der Waals surface area contributed by atoms with Gasteiger partial charge in [-0.25, -0.2) is 4.98 Å². The summed E-state index contributed by atoms with van der Waals surface area (Å²) in [5, 5.41) is 0.655. The summed E-state index contributed by atoms with van der Waals surface area (Å²) in [6.45, 7) is 7.47. The summed E-state index contributed by atoms with van der Waals surface area (Å²) in [5.41, 5.74) is 1.42. The Morgan fingerprint density at radius 3 is 2.34 bits per heavy atom. The average Bonchev–Trinajstić information content (AvgIpc) is 2.85. The summed E-state index contributed by atoms with van der Waals surface area (Å²) in [6.07, 6.45) is 0.844. The number of hydrogen-bond donors (Lipinski definition) is 0. The minimum Gasteiger partial charge on any atom is -0.497 e. The fourth-order valence-electron chi connectivity index (χ4n) is 4.50. The Morgan fingerprint density at radius 1 is 1.03 bits per heavy atom. The first kappa shape index (κ1) is 22.0. The van der Waals surface area contributed by atoms with E-state index in [4.69, 9.17) is 9.72 Å². The highest BCUT2D eigenvalue weighted by molar-refractivity contribution is 5.94. The first-order chi connectivity index (χ1) is 15.6. The van der Waals surface area contributed by atoms with Gasteiger partial charge in [-0.2, -0.15) is 0 Å². The van der Waals surface area contributed by atoms with Crippen LogP contribution in [-0.4, -0.2) is 58.5 Å². The van der Waals surface area contributed by atoms with Crippen molar-refractivity contribution in [1.29, 1.82) is 0 Å². The molecule has 1 saturated heterocycles. The predicted molar refractivity (Wildman–Crippen MR) is 125 cm³/mol. The molecular formula is C25H30N4O3. The van der Waals surface area contributed by atoms with Gasteiger partial charge in [-0.05, 0) is 49.7 Å². The van der Waals surface area contributed by atoms with Gasteiger partial charge < -0.3 is 9.64 Å². The molecule has 7 nitrogen and oxygen atoms in total. The summed E-state index contributed by atoms with van der Waals surface area (Å²) in [7, 11) is 1.61. The number of para-hydroxylation sites is 1. The minimum atomic E-state index is 0.0138. The lowest BCUT2D eigenvalue weighted by atomic mass is 10.1. The van der Waals surface area contributed by atoms with Crippen molar-refractivity contribution in [2.45, 2.75) is 32.9 Å². The molecule has 2 heterocycles. The highest BCUT2D eigenvalue weighted by atomic mass is 16.5. The zero-order valence-electron chi connectivity index (χ0n) is 19.0. The molecule has 1 unspecified atom stereocenters. The summed E-state index contributed by atoms with van der Waals surface area (Å²) in [4.78, 5) is 35.1. The standard InChI is InChI=1S/C25H30N4O3/c1-4-22(23-26-21-9-7-6-8-20(21)25(31)29(23)5-2)27-14-16-28(17-15-27)24(30)18-10-12-19(32-3)13-11-18/h6-13,22H,4-5,14-17H2,1-3H3. The van der Waals surface area contributed by atoms with Gasteiger partial charge in [0.25, 0.3) is 11.5 Å². The molecule has 1 amide bonds. The molecule has 0 spiro atoms. The van der Waals surface area contributed by atoms with Crippen molar-refractivity contribution < 1.29 is 9.53 Å². The van der Waals surface area contributed by atoms with E-state index in [2.05, 4.69) is 11.8 Å². The molecule has 2 aromatic carbocycles. The van der Waals surface area contributed by atoms with Gasteiger partial charge in [0, 0.05) is 38.3 Å². The number of piperazine rings is 1. The molecule has 0 N–H and O–H groups in total. The predicted octanol–water partition coefficient (Wildman–Crippen LogP) is 3.33. The van der Waals surface area contributed by atoms with Gasteiger partial charge in [-0.15, -0.1) is 0 Å². The number of ether oxygens (including phenoxy) is 1. The van der Waals surface area contributed by atoms with Gasteiger partial charge in [-0.1, -0.05) is 19.1 Å². The lowest BCUT2D eigenvalue weighted by molar-refractivity contribution is 0.0549. The first-order valence-electron chi connectivity index (χ1n) is 11.2. The topological polar surface area (TPSA) is 67.7 Å². The quantitative estimate of drug-likeness (QED) is 0.595. The molecule has 1 fully saturated rings. The number of benzene rings is 2. The molecule has 4 rings (SSSR count). The number of fused-ring (bicyclic) bond motifs is 1. The Balaban J connectivity index is 1.53. The van der Waals surface area contributed by atoms with Crippen molar-refractivity contribution in [3.8, 4) is 5.75 Å². The van der Waals surface area contributed by atoms with E-state index >= 15 is 0 Å². The Kier molecular flexibility index (Phi) is 6.55. The van der Waals surface area contributed by atoms with Crippen molar-refractivity contribution in [1.82, 2.24) is 19.4 Å². The molecule has 3 aromatic rings. The number of nitrogens with zero attached hydrogens (tertiary/aromatic N) is 4. The van der Waals surface area contributed by atoms with E-state index < -0.39 is 0 Å². The van der Waals surface area contributed by atoms with Crippen LogP contribution in [0.2, 0.25) is 0 Å². The number of rotatable bonds is 6. The Labute approximate surface area is 188 Å². The van der Waals surface area contributed by atoms with Crippen LogP contribution in [-0.2, 0) is 6.54 Å². The molecule has 0 radical (unpaired) electrons. The van der Waals surface area contributed by atoms with Gasteiger partial charge in [0.15, 0.2) is 0 Å². The van der Waals surface area contributed by atoms with Crippen LogP contribution in [0.5, 0.6) is 5.75 Å². The number of aromatic nitrogens is 2. The first-order valence-corrected chi connectivity index (χ1v) is 11.2. The second-order valence-corrected chi connectivity index (χ2v) is 8.02. The van der Waals surface area contributed by atoms with Crippen LogP contribution >= 0.6 is 0 Å². The summed E-state index contributed by atoms with van der Waals surface area (Å²) in [6, 6.07) is 14.8. The average molecular weight is 435 g/mol. The Morgan fingerprint density at radius 2 is 1.72 bits per heavy atom. The fraction of sp³-hybridized carbons (Fsp3) is 0.400. The van der Waals surface area contributed by atoms with Crippen LogP contribution < -0.4 is 10.3 Å². The fourth-order valence-corrected chi connectivity index (χ4v) is 4.50. The van der Waals surface area contributed by atoms with Gasteiger partial charge in [0.2, 0.25) is 0 Å². The van der Waals surface area contributed by atoms with E-state index in [-0.39, 0.29) is 17.5 Å². The van der Waals surface area contributed by atoms with Crippen LogP contribution in [0.15, 0.2) is 53.3 Å². The molecule has 1 aliphatic rings.